The van der Waals surface area contributed by atoms with Crippen LogP contribution in [0.25, 0.3) is 5.57 Å². The van der Waals surface area contributed by atoms with E-state index in [9.17, 15) is 4.79 Å². The van der Waals surface area contributed by atoms with E-state index in [0.717, 1.165) is 30.4 Å². The summed E-state index contributed by atoms with van der Waals surface area (Å²) in [5.41, 5.74) is 5.94. The van der Waals surface area contributed by atoms with Crippen LogP contribution in [0.2, 0.25) is 0 Å². The molecular formula is C23H23N3O. The molecule has 136 valence electrons. The van der Waals surface area contributed by atoms with Gasteiger partial charge in [-0.3, -0.25) is 4.79 Å². The van der Waals surface area contributed by atoms with E-state index in [1.807, 2.05) is 18.6 Å². The summed E-state index contributed by atoms with van der Waals surface area (Å²) in [5.74, 6) is 0.377. The molecule has 1 aliphatic heterocycles. The van der Waals surface area contributed by atoms with Crippen molar-refractivity contribution in [1.82, 2.24) is 14.9 Å². The maximum Gasteiger partial charge on any atom is 0.247 e. The Bertz CT molecular complexity index is 968. The predicted molar refractivity (Wildman–Crippen MR) is 107 cm³/mol. The zero-order valence-electron chi connectivity index (χ0n) is 15.3. The normalized spacial score (nSPS) is 25.3. The molecule has 0 bridgehead atoms. The van der Waals surface area contributed by atoms with E-state index in [4.69, 9.17) is 0 Å². The van der Waals surface area contributed by atoms with Crippen LogP contribution in [0, 0.1) is 5.92 Å². The molecule has 1 N–H and O–H groups in total. The van der Waals surface area contributed by atoms with Crippen molar-refractivity contribution in [3.63, 3.8) is 0 Å². The van der Waals surface area contributed by atoms with E-state index in [1.165, 1.54) is 16.8 Å². The maximum absolute atomic E-state index is 13.1. The highest BCUT2D eigenvalue weighted by Crippen LogP contribution is 2.41. The molecule has 0 aromatic carbocycles. The largest absolute Gasteiger partial charge is 0.350 e. The number of amides is 1. The molecule has 0 saturated heterocycles. The predicted octanol–water partition coefficient (Wildman–Crippen LogP) is 4.05. The Kier molecular flexibility index (Phi) is 4.04. The quantitative estimate of drug-likeness (QED) is 0.830. The molecule has 1 aromatic heterocycles. The van der Waals surface area contributed by atoms with Gasteiger partial charge < -0.3 is 9.88 Å². The number of allylic oxidation sites excluding steroid dienone is 10. The first-order valence-corrected chi connectivity index (χ1v) is 9.76. The zero-order valence-corrected chi connectivity index (χ0v) is 15.3. The molecule has 2 unspecified atom stereocenters. The lowest BCUT2D eigenvalue weighted by Crippen LogP contribution is -2.32. The van der Waals surface area contributed by atoms with Crippen molar-refractivity contribution in [3.8, 4) is 0 Å². The molecule has 1 amide bonds. The Hall–Kier alpha value is -2.88. The number of rotatable bonds is 3. The van der Waals surface area contributed by atoms with Crippen molar-refractivity contribution in [2.75, 3.05) is 6.54 Å². The van der Waals surface area contributed by atoms with E-state index in [2.05, 4.69) is 57.4 Å². The molecule has 5 rings (SSSR count). The molecule has 2 atom stereocenters. The number of hydrogen-bond acceptors (Lipinski definition) is 2. The van der Waals surface area contributed by atoms with Crippen LogP contribution in [-0.4, -0.2) is 22.0 Å². The first kappa shape index (κ1) is 16.3. The van der Waals surface area contributed by atoms with Gasteiger partial charge in [0, 0.05) is 23.6 Å². The SMILES string of the molecule is O=C(NCC1C2=C(C=CCC2)c2cncn21)C1=C2C=CC=CC2CC=CC1. The van der Waals surface area contributed by atoms with Crippen molar-refractivity contribution in [2.24, 2.45) is 5.92 Å². The average Bonchev–Trinajstić information content (AvgIpc) is 3.21. The van der Waals surface area contributed by atoms with Gasteiger partial charge in [0.05, 0.1) is 24.3 Å². The number of fused-ring (bicyclic) bond motifs is 3. The second-order valence-corrected chi connectivity index (χ2v) is 7.49. The van der Waals surface area contributed by atoms with Gasteiger partial charge in [0.25, 0.3) is 0 Å². The van der Waals surface area contributed by atoms with Crippen molar-refractivity contribution in [2.45, 2.75) is 31.7 Å². The van der Waals surface area contributed by atoms with Crippen LogP contribution in [0.3, 0.4) is 0 Å². The third-order valence-corrected chi connectivity index (χ3v) is 5.98. The Labute approximate surface area is 159 Å². The van der Waals surface area contributed by atoms with E-state index in [0.29, 0.717) is 18.9 Å². The third kappa shape index (κ3) is 2.76. The first-order chi connectivity index (χ1) is 13.3. The Morgan fingerprint density at radius 2 is 2.19 bits per heavy atom. The number of carbonyl (C=O) groups is 1. The summed E-state index contributed by atoms with van der Waals surface area (Å²) in [6.45, 7) is 0.611. The van der Waals surface area contributed by atoms with Crippen molar-refractivity contribution < 1.29 is 4.79 Å². The molecule has 0 radical (unpaired) electrons. The minimum atomic E-state index is 0.0589. The van der Waals surface area contributed by atoms with E-state index in [1.54, 1.807) is 0 Å². The lowest BCUT2D eigenvalue weighted by atomic mass is 9.88. The molecule has 0 spiro atoms. The maximum atomic E-state index is 13.1. The summed E-state index contributed by atoms with van der Waals surface area (Å²) in [5, 5.41) is 3.22. The van der Waals surface area contributed by atoms with Crippen molar-refractivity contribution in [1.29, 1.82) is 0 Å². The summed E-state index contributed by atoms with van der Waals surface area (Å²) in [7, 11) is 0. The van der Waals surface area contributed by atoms with Crippen molar-refractivity contribution in [3.05, 3.63) is 83.5 Å². The van der Waals surface area contributed by atoms with E-state index < -0.39 is 0 Å². The molecule has 0 saturated carbocycles. The standard InChI is InChI=1S/C23H23N3O/c27-23(20-12-4-2-8-16-7-1-3-9-17(16)20)25-14-22-19-11-6-5-10-18(19)21-13-24-15-26(21)22/h1-5,7,9-10,13,15-16,22H,6,8,11-12,14H2,(H,25,27). The van der Waals surface area contributed by atoms with Crippen LogP contribution < -0.4 is 5.32 Å². The summed E-state index contributed by atoms with van der Waals surface area (Å²) in [6.07, 6.45) is 24.8. The van der Waals surface area contributed by atoms with Gasteiger partial charge in [-0.15, -0.1) is 0 Å². The molecule has 27 heavy (non-hydrogen) atoms. The lowest BCUT2D eigenvalue weighted by molar-refractivity contribution is -0.117. The second kappa shape index (κ2) is 6.69. The highest BCUT2D eigenvalue weighted by molar-refractivity contribution is 5.95. The van der Waals surface area contributed by atoms with Gasteiger partial charge in [0.15, 0.2) is 0 Å². The smallest absolute Gasteiger partial charge is 0.247 e. The summed E-state index contributed by atoms with van der Waals surface area (Å²) in [4.78, 5) is 17.4. The number of imidazole rings is 1. The average molecular weight is 357 g/mol. The zero-order chi connectivity index (χ0) is 18.2. The minimum Gasteiger partial charge on any atom is -0.350 e. The Balaban J connectivity index is 1.38. The lowest BCUT2D eigenvalue weighted by Gasteiger charge is -2.21. The molecule has 0 fully saturated rings. The molecule has 3 aliphatic carbocycles. The van der Waals surface area contributed by atoms with Gasteiger partial charge in [-0.25, -0.2) is 4.98 Å². The van der Waals surface area contributed by atoms with Crippen LogP contribution in [0.1, 0.15) is 37.4 Å². The van der Waals surface area contributed by atoms with Crippen LogP contribution in [0.5, 0.6) is 0 Å². The number of nitrogens with one attached hydrogen (secondary N) is 1. The van der Waals surface area contributed by atoms with E-state index in [-0.39, 0.29) is 11.9 Å². The Morgan fingerprint density at radius 1 is 1.22 bits per heavy atom. The van der Waals surface area contributed by atoms with Gasteiger partial charge >= 0.3 is 0 Å². The van der Waals surface area contributed by atoms with Gasteiger partial charge in [0.2, 0.25) is 5.91 Å². The monoisotopic (exact) mass is 357 g/mol. The molecule has 1 aromatic rings. The van der Waals surface area contributed by atoms with Crippen molar-refractivity contribution >= 4 is 11.5 Å². The number of aromatic nitrogens is 2. The van der Waals surface area contributed by atoms with Gasteiger partial charge in [-0.05, 0) is 36.8 Å². The molecule has 2 heterocycles. The second-order valence-electron chi connectivity index (χ2n) is 7.49. The van der Waals surface area contributed by atoms with E-state index >= 15 is 0 Å². The topological polar surface area (TPSA) is 46.9 Å². The summed E-state index contributed by atoms with van der Waals surface area (Å²) >= 11 is 0. The molecule has 4 heteroatoms. The van der Waals surface area contributed by atoms with Crippen LogP contribution in [0.15, 0.2) is 77.9 Å². The molecule has 4 nitrogen and oxygen atoms in total. The van der Waals surface area contributed by atoms with Gasteiger partial charge in [0.1, 0.15) is 0 Å². The summed E-state index contributed by atoms with van der Waals surface area (Å²) < 4.78 is 2.21. The highest BCUT2D eigenvalue weighted by Gasteiger charge is 2.31. The third-order valence-electron chi connectivity index (χ3n) is 5.98. The first-order valence-electron chi connectivity index (χ1n) is 9.76. The van der Waals surface area contributed by atoms with Gasteiger partial charge in [-0.1, -0.05) is 48.6 Å². The fraction of sp³-hybridized carbons (Fsp3) is 0.304. The molecular weight excluding hydrogens is 334 g/mol. The fourth-order valence-electron chi connectivity index (χ4n) is 4.63. The number of hydrogen-bond donors (Lipinski definition) is 1. The Morgan fingerprint density at radius 3 is 3.15 bits per heavy atom. The molecule has 4 aliphatic rings. The number of nitrogens with zero attached hydrogens (tertiary/aromatic N) is 2. The van der Waals surface area contributed by atoms with Crippen LogP contribution in [0.4, 0.5) is 0 Å². The fourth-order valence-corrected chi connectivity index (χ4v) is 4.63. The minimum absolute atomic E-state index is 0.0589. The van der Waals surface area contributed by atoms with Crippen LogP contribution >= 0.6 is 0 Å². The van der Waals surface area contributed by atoms with Gasteiger partial charge in [-0.2, -0.15) is 0 Å². The number of carbonyl (C=O) groups excluding carboxylic acids is 1. The summed E-state index contributed by atoms with van der Waals surface area (Å²) in [6, 6.07) is 0.177. The highest BCUT2D eigenvalue weighted by atomic mass is 16.1. The van der Waals surface area contributed by atoms with Crippen LogP contribution in [-0.2, 0) is 4.79 Å².